The minimum atomic E-state index is -1.07. The number of aliphatic hydroxyl groups is 1. The Kier molecular flexibility index (Phi) is 11.4. The molecule has 0 aliphatic carbocycles. The fourth-order valence-corrected chi connectivity index (χ4v) is 9.29. The first-order chi connectivity index (χ1) is 22.8. The van der Waals surface area contributed by atoms with Gasteiger partial charge in [0.2, 0.25) is 0 Å². The highest BCUT2D eigenvalue weighted by atomic mass is 35.5. The average molecular weight is 708 g/mol. The number of rotatable bonds is 7. The summed E-state index contributed by atoms with van der Waals surface area (Å²) in [7, 11) is 1.97. The van der Waals surface area contributed by atoms with Crippen molar-refractivity contribution < 1.29 is 43.1 Å². The molecule has 1 aromatic carbocycles. The van der Waals surface area contributed by atoms with Crippen molar-refractivity contribution in [2.24, 2.45) is 23.7 Å². The van der Waals surface area contributed by atoms with E-state index < -0.39 is 59.4 Å². The van der Waals surface area contributed by atoms with Crippen LogP contribution in [0.25, 0.3) is 0 Å². The number of hydrogen-bond donors (Lipinski definition) is 1. The van der Waals surface area contributed by atoms with Crippen LogP contribution >= 0.6 is 11.6 Å². The fraction of sp³-hybridized carbons (Fsp3) is 0.789. The Morgan fingerprint density at radius 1 is 1.02 bits per heavy atom. The number of benzene rings is 1. The summed E-state index contributed by atoms with van der Waals surface area (Å²) in [6.07, 6.45) is -2.66. The van der Waals surface area contributed by atoms with Crippen molar-refractivity contribution in [3.8, 4) is 0 Å². The summed E-state index contributed by atoms with van der Waals surface area (Å²) in [6.45, 7) is 19.7. The number of likely N-dealkylation sites (N-methyl/N-ethyl adjacent to an activating group) is 1. The van der Waals surface area contributed by atoms with Gasteiger partial charge in [-0.3, -0.25) is 14.5 Å². The van der Waals surface area contributed by atoms with Crippen LogP contribution in [0.15, 0.2) is 24.3 Å². The Balaban J connectivity index is 1.45. The molecule has 4 fully saturated rings. The van der Waals surface area contributed by atoms with Crippen LogP contribution in [0.2, 0.25) is 5.02 Å². The van der Waals surface area contributed by atoms with Crippen molar-refractivity contribution in [3.05, 3.63) is 34.9 Å². The molecule has 4 aliphatic rings. The molecule has 0 amide bonds. The number of hydrogen-bond acceptors (Lipinski definition) is 10. The molecule has 4 saturated heterocycles. The maximum absolute atomic E-state index is 14.2. The van der Waals surface area contributed by atoms with Gasteiger partial charge in [0.05, 0.1) is 30.0 Å². The number of ketones is 1. The molecule has 10 nitrogen and oxygen atoms in total. The monoisotopic (exact) mass is 707 g/mol. The Morgan fingerprint density at radius 3 is 2.31 bits per heavy atom. The van der Waals surface area contributed by atoms with Gasteiger partial charge in [-0.2, -0.15) is 0 Å². The van der Waals surface area contributed by atoms with Crippen molar-refractivity contribution in [2.75, 3.05) is 7.05 Å². The standard InChI is InChI=1S/C38H58ClNO9/c1-12-28-38(10,49-36(7,8)47-28)33-24(6)31-20(2)18-37(9,48-31)32(22(4)29(41)23(5)34(43)45-33)46-35-30(42)27(17-21(3)44-35)40(11)19-25-13-15-26(39)16-14-25/h13-16,20-24,27-28,30-33,35,42H,12,17-19H2,1-11H3/t20?,21?,22-,23+,24-,27?,28+,30?,31?,32-,33+,35-,37?,38+/m0/s1. The molecule has 4 heterocycles. The largest absolute Gasteiger partial charge is 0.458 e. The number of esters is 1. The average Bonchev–Trinajstić information content (AvgIpc) is 3.48. The van der Waals surface area contributed by atoms with Crippen molar-refractivity contribution in [1.29, 1.82) is 0 Å². The lowest BCUT2D eigenvalue weighted by Gasteiger charge is -2.46. The Morgan fingerprint density at radius 2 is 1.67 bits per heavy atom. The predicted molar refractivity (Wildman–Crippen MR) is 185 cm³/mol. The zero-order valence-corrected chi connectivity index (χ0v) is 31.9. The van der Waals surface area contributed by atoms with E-state index in [0.29, 0.717) is 30.8 Å². The highest BCUT2D eigenvalue weighted by Crippen LogP contribution is 2.50. The third-order valence-corrected chi connectivity index (χ3v) is 11.7. The lowest BCUT2D eigenvalue weighted by Crippen LogP contribution is -2.58. The summed E-state index contributed by atoms with van der Waals surface area (Å²) in [5, 5.41) is 12.4. The predicted octanol–water partition coefficient (Wildman–Crippen LogP) is 5.93. The number of halogens is 1. The second-order valence-electron chi connectivity index (χ2n) is 16.1. The van der Waals surface area contributed by atoms with Gasteiger partial charge in [0, 0.05) is 29.4 Å². The van der Waals surface area contributed by atoms with Gasteiger partial charge in [0.25, 0.3) is 0 Å². The van der Waals surface area contributed by atoms with Gasteiger partial charge in [-0.1, -0.05) is 51.4 Å². The Labute approximate surface area is 297 Å². The molecule has 5 rings (SSSR count). The molecule has 1 N–H and O–H groups in total. The number of fused-ring (bicyclic) bond motifs is 2. The molecule has 0 aromatic heterocycles. The van der Waals surface area contributed by atoms with Gasteiger partial charge in [-0.15, -0.1) is 0 Å². The highest BCUT2D eigenvalue weighted by molar-refractivity contribution is 6.30. The summed E-state index contributed by atoms with van der Waals surface area (Å²) in [6, 6.07) is 7.38. The maximum atomic E-state index is 14.2. The number of aliphatic hydroxyl groups excluding tert-OH is 1. The third kappa shape index (κ3) is 7.63. The van der Waals surface area contributed by atoms with E-state index in [1.807, 2.05) is 79.8 Å². The zero-order valence-electron chi connectivity index (χ0n) is 31.1. The van der Waals surface area contributed by atoms with Crippen LogP contribution in [-0.4, -0.2) is 94.8 Å². The van der Waals surface area contributed by atoms with Gasteiger partial charge in [0.15, 0.2) is 17.9 Å². The first-order valence-electron chi connectivity index (χ1n) is 18.0. The van der Waals surface area contributed by atoms with E-state index in [1.54, 1.807) is 13.8 Å². The molecule has 11 heteroatoms. The molecule has 0 spiro atoms. The molecule has 2 bridgehead atoms. The van der Waals surface area contributed by atoms with E-state index in [4.69, 9.17) is 40.0 Å². The van der Waals surface area contributed by atoms with E-state index in [0.717, 1.165) is 5.56 Å². The molecule has 14 atom stereocenters. The SMILES string of the molecule is CC[C@H]1OC(C)(C)O[C@@]1(C)[C@@H]1OC(=O)[C@H](C)C(=O)[C@H](C)[C@H](O[C@@H]2OC(C)CC(N(C)Cc3ccc(Cl)cc3)C2O)C2(C)CC(C)C(O2)[C@@H]1C. The quantitative estimate of drug-likeness (QED) is 0.270. The van der Waals surface area contributed by atoms with Gasteiger partial charge < -0.3 is 33.5 Å². The van der Waals surface area contributed by atoms with Crippen LogP contribution in [-0.2, 0) is 44.6 Å². The smallest absolute Gasteiger partial charge is 0.316 e. The van der Waals surface area contributed by atoms with E-state index in [9.17, 15) is 14.7 Å². The minimum absolute atomic E-state index is 0.0276. The summed E-state index contributed by atoms with van der Waals surface area (Å²) in [5.74, 6) is -3.93. The molecule has 0 radical (unpaired) electrons. The van der Waals surface area contributed by atoms with Crippen LogP contribution in [0.4, 0.5) is 0 Å². The molecule has 276 valence electrons. The lowest BCUT2D eigenvalue weighted by molar-refractivity contribution is -0.296. The van der Waals surface area contributed by atoms with Crippen LogP contribution < -0.4 is 0 Å². The number of carbonyl (C=O) groups is 2. The van der Waals surface area contributed by atoms with Crippen LogP contribution in [0.5, 0.6) is 0 Å². The van der Waals surface area contributed by atoms with Crippen LogP contribution in [0.3, 0.4) is 0 Å². The number of carbonyl (C=O) groups excluding carboxylic acids is 2. The number of Topliss-reactive ketones (excluding diaryl/α,β-unsaturated/α-hetero) is 1. The minimum Gasteiger partial charge on any atom is -0.458 e. The first-order valence-corrected chi connectivity index (χ1v) is 18.4. The van der Waals surface area contributed by atoms with E-state index in [2.05, 4.69) is 11.8 Å². The molecule has 49 heavy (non-hydrogen) atoms. The van der Waals surface area contributed by atoms with Crippen LogP contribution in [0.1, 0.15) is 94.1 Å². The number of ether oxygens (including phenoxy) is 6. The summed E-state index contributed by atoms with van der Waals surface area (Å²) >= 11 is 6.10. The molecular weight excluding hydrogens is 650 g/mol. The highest BCUT2D eigenvalue weighted by Gasteiger charge is 2.61. The zero-order chi connectivity index (χ0) is 36.2. The molecule has 1 aromatic rings. The first kappa shape index (κ1) is 38.6. The van der Waals surface area contributed by atoms with Gasteiger partial charge in [0.1, 0.15) is 23.7 Å². The van der Waals surface area contributed by atoms with Crippen LogP contribution in [0, 0.1) is 23.7 Å². The summed E-state index contributed by atoms with van der Waals surface area (Å²) in [5.41, 5.74) is -0.843. The Bertz CT molecular complexity index is 1340. The normalized spacial score (nSPS) is 44.5. The molecular formula is C38H58ClNO9. The molecule has 4 aliphatic heterocycles. The topological polar surface area (TPSA) is 113 Å². The van der Waals surface area contributed by atoms with Gasteiger partial charge >= 0.3 is 5.97 Å². The van der Waals surface area contributed by atoms with E-state index >= 15 is 0 Å². The molecule has 0 saturated carbocycles. The summed E-state index contributed by atoms with van der Waals surface area (Å²) in [4.78, 5) is 30.1. The van der Waals surface area contributed by atoms with Gasteiger partial charge in [-0.25, -0.2) is 0 Å². The third-order valence-electron chi connectivity index (χ3n) is 11.5. The Hall–Kier alpha value is -1.63. The molecule has 6 unspecified atom stereocenters. The van der Waals surface area contributed by atoms with Crippen molar-refractivity contribution in [2.45, 2.75) is 161 Å². The second-order valence-corrected chi connectivity index (χ2v) is 16.5. The maximum Gasteiger partial charge on any atom is 0.316 e. The van der Waals surface area contributed by atoms with Crippen molar-refractivity contribution >= 4 is 23.4 Å². The van der Waals surface area contributed by atoms with Crippen molar-refractivity contribution in [1.82, 2.24) is 4.90 Å². The summed E-state index contributed by atoms with van der Waals surface area (Å²) < 4.78 is 39.2. The number of cyclic esters (lactones) is 1. The van der Waals surface area contributed by atoms with Gasteiger partial charge in [-0.05, 0) is 91.5 Å². The second kappa shape index (κ2) is 14.4. The lowest BCUT2D eigenvalue weighted by atomic mass is 9.76. The van der Waals surface area contributed by atoms with Crippen molar-refractivity contribution in [3.63, 3.8) is 0 Å². The fourth-order valence-electron chi connectivity index (χ4n) is 9.16. The van der Waals surface area contributed by atoms with E-state index in [-0.39, 0.29) is 42.0 Å². The number of nitrogens with zero attached hydrogens (tertiary/aromatic N) is 1. The van der Waals surface area contributed by atoms with E-state index in [1.165, 1.54) is 0 Å².